The van der Waals surface area contributed by atoms with E-state index in [4.69, 9.17) is 0 Å². The highest BCUT2D eigenvalue weighted by Crippen LogP contribution is 2.09. The molecule has 18 heavy (non-hydrogen) atoms. The molecule has 0 aromatic carbocycles. The Hall–Kier alpha value is -0.630. The topological polar surface area (TPSA) is 37.3 Å². The summed E-state index contributed by atoms with van der Waals surface area (Å²) in [6, 6.07) is 0. The van der Waals surface area contributed by atoms with E-state index in [2.05, 4.69) is 13.8 Å². The average molecular weight is 254 g/mol. The van der Waals surface area contributed by atoms with Gasteiger partial charge in [-0.3, -0.25) is 4.79 Å². The Morgan fingerprint density at radius 3 is 2.39 bits per heavy atom. The van der Waals surface area contributed by atoms with Crippen LogP contribution in [0.4, 0.5) is 0 Å². The number of aliphatic hydroxyl groups excluding tert-OH is 1. The van der Waals surface area contributed by atoms with E-state index < -0.39 is 0 Å². The maximum absolute atomic E-state index is 11.4. The van der Waals surface area contributed by atoms with Gasteiger partial charge in [0.1, 0.15) is 0 Å². The number of unbranched alkanes of at least 4 members (excludes halogenated alkanes) is 4. The molecule has 0 aliphatic carbocycles. The van der Waals surface area contributed by atoms with Crippen LogP contribution in [-0.4, -0.2) is 17.0 Å². The molecule has 2 nitrogen and oxygen atoms in total. The van der Waals surface area contributed by atoms with E-state index in [9.17, 15) is 9.90 Å². The van der Waals surface area contributed by atoms with Gasteiger partial charge in [0.25, 0.3) is 0 Å². The maximum Gasteiger partial charge on any atom is 0.155 e. The Bertz CT molecular complexity index is 221. The fourth-order valence-corrected chi connectivity index (χ4v) is 1.91. The molecule has 0 bridgehead atoms. The molecule has 0 spiro atoms. The molecule has 1 atom stereocenters. The minimum absolute atomic E-state index is 0.198. The molecule has 0 amide bonds. The third-order valence-electron chi connectivity index (χ3n) is 3.14. The quantitative estimate of drug-likeness (QED) is 0.413. The molecular formula is C16H30O2. The summed E-state index contributed by atoms with van der Waals surface area (Å²) in [6.45, 7) is 4.31. The highest BCUT2D eigenvalue weighted by atomic mass is 16.3. The highest BCUT2D eigenvalue weighted by Gasteiger charge is 2.02. The lowest BCUT2D eigenvalue weighted by Crippen LogP contribution is -2.05. The molecule has 0 aliphatic heterocycles. The van der Waals surface area contributed by atoms with Crippen molar-refractivity contribution in [1.82, 2.24) is 0 Å². The SMILES string of the molecule is CCCCCC(=O)C=CCCC(O)CCCCC. The summed E-state index contributed by atoms with van der Waals surface area (Å²) in [6.07, 6.45) is 13.3. The van der Waals surface area contributed by atoms with Gasteiger partial charge in [-0.15, -0.1) is 0 Å². The van der Waals surface area contributed by atoms with E-state index in [-0.39, 0.29) is 11.9 Å². The van der Waals surface area contributed by atoms with Crippen LogP contribution in [0.15, 0.2) is 12.2 Å². The number of ketones is 1. The second-order valence-corrected chi connectivity index (χ2v) is 5.05. The van der Waals surface area contributed by atoms with Crippen molar-refractivity contribution in [3.05, 3.63) is 12.2 Å². The molecular weight excluding hydrogens is 224 g/mol. The lowest BCUT2D eigenvalue weighted by Gasteiger charge is -2.07. The number of hydrogen-bond acceptors (Lipinski definition) is 2. The first-order valence-electron chi connectivity index (χ1n) is 7.58. The van der Waals surface area contributed by atoms with Gasteiger partial charge in [-0.1, -0.05) is 52.0 Å². The van der Waals surface area contributed by atoms with Crippen LogP contribution in [0, 0.1) is 0 Å². The molecule has 1 unspecified atom stereocenters. The van der Waals surface area contributed by atoms with Crippen LogP contribution in [0.3, 0.4) is 0 Å². The zero-order chi connectivity index (χ0) is 13.6. The van der Waals surface area contributed by atoms with Crippen LogP contribution in [0.1, 0.15) is 78.1 Å². The number of carbonyl (C=O) groups is 1. The molecule has 106 valence electrons. The molecule has 0 heterocycles. The third-order valence-corrected chi connectivity index (χ3v) is 3.14. The molecule has 0 aromatic rings. The minimum atomic E-state index is -0.198. The summed E-state index contributed by atoms with van der Waals surface area (Å²) < 4.78 is 0. The van der Waals surface area contributed by atoms with Gasteiger partial charge in [0.05, 0.1) is 6.10 Å². The lowest BCUT2D eigenvalue weighted by molar-refractivity contribution is -0.114. The second-order valence-electron chi connectivity index (χ2n) is 5.05. The summed E-state index contributed by atoms with van der Waals surface area (Å²) >= 11 is 0. The Balaban J connectivity index is 3.48. The number of aliphatic hydroxyl groups is 1. The third kappa shape index (κ3) is 11.8. The van der Waals surface area contributed by atoms with Gasteiger partial charge >= 0.3 is 0 Å². The monoisotopic (exact) mass is 254 g/mol. The molecule has 0 fully saturated rings. The largest absolute Gasteiger partial charge is 0.393 e. The first kappa shape index (κ1) is 17.4. The fraction of sp³-hybridized carbons (Fsp3) is 0.812. The Labute approximate surface area is 112 Å². The van der Waals surface area contributed by atoms with Crippen molar-refractivity contribution in [3.8, 4) is 0 Å². The number of hydrogen-bond donors (Lipinski definition) is 1. The molecule has 0 rings (SSSR count). The van der Waals surface area contributed by atoms with Crippen LogP contribution in [0.25, 0.3) is 0 Å². The molecule has 0 saturated carbocycles. The van der Waals surface area contributed by atoms with Crippen molar-refractivity contribution >= 4 is 5.78 Å². The molecule has 0 saturated heterocycles. The van der Waals surface area contributed by atoms with E-state index in [1.807, 2.05) is 6.08 Å². The standard InChI is InChI=1S/C16H30O2/c1-3-5-7-11-15(17)13-9-10-14-16(18)12-8-6-4-2/h9,13,16,18H,3-8,10-12,14H2,1-2H3. The van der Waals surface area contributed by atoms with Crippen molar-refractivity contribution in [2.75, 3.05) is 0 Å². The van der Waals surface area contributed by atoms with Crippen molar-refractivity contribution in [1.29, 1.82) is 0 Å². The maximum atomic E-state index is 11.4. The van der Waals surface area contributed by atoms with Gasteiger partial charge in [0.2, 0.25) is 0 Å². The lowest BCUT2D eigenvalue weighted by atomic mass is 10.1. The average Bonchev–Trinajstić information content (AvgIpc) is 2.35. The number of rotatable bonds is 12. The van der Waals surface area contributed by atoms with E-state index in [1.54, 1.807) is 6.08 Å². The van der Waals surface area contributed by atoms with Crippen LogP contribution in [0.5, 0.6) is 0 Å². The molecule has 0 aliphatic rings. The van der Waals surface area contributed by atoms with Crippen molar-refractivity contribution in [2.45, 2.75) is 84.2 Å². The van der Waals surface area contributed by atoms with Gasteiger partial charge in [-0.25, -0.2) is 0 Å². The normalized spacial score (nSPS) is 13.1. The first-order valence-corrected chi connectivity index (χ1v) is 7.58. The summed E-state index contributed by atoms with van der Waals surface area (Å²) in [5, 5.41) is 9.70. The Morgan fingerprint density at radius 2 is 1.72 bits per heavy atom. The van der Waals surface area contributed by atoms with E-state index in [1.165, 1.54) is 12.8 Å². The van der Waals surface area contributed by atoms with E-state index in [0.717, 1.165) is 44.9 Å². The second kappa shape index (κ2) is 12.8. The van der Waals surface area contributed by atoms with Crippen LogP contribution in [-0.2, 0) is 4.79 Å². The van der Waals surface area contributed by atoms with Crippen molar-refractivity contribution in [2.24, 2.45) is 0 Å². The smallest absolute Gasteiger partial charge is 0.155 e. The predicted octanol–water partition coefficient (Wildman–Crippen LogP) is 4.41. The highest BCUT2D eigenvalue weighted by molar-refractivity contribution is 5.89. The molecule has 0 radical (unpaired) electrons. The van der Waals surface area contributed by atoms with Gasteiger partial charge in [-0.05, 0) is 31.8 Å². The van der Waals surface area contributed by atoms with Crippen LogP contribution >= 0.6 is 0 Å². The van der Waals surface area contributed by atoms with Crippen LogP contribution in [0.2, 0.25) is 0 Å². The molecule has 0 aromatic heterocycles. The van der Waals surface area contributed by atoms with Crippen LogP contribution < -0.4 is 0 Å². The predicted molar refractivity (Wildman–Crippen MR) is 77.7 cm³/mol. The fourth-order valence-electron chi connectivity index (χ4n) is 1.91. The first-order chi connectivity index (χ1) is 8.70. The Morgan fingerprint density at radius 1 is 1.06 bits per heavy atom. The zero-order valence-corrected chi connectivity index (χ0v) is 12.2. The number of allylic oxidation sites excluding steroid dienone is 2. The minimum Gasteiger partial charge on any atom is -0.393 e. The van der Waals surface area contributed by atoms with E-state index >= 15 is 0 Å². The Kier molecular flexibility index (Phi) is 12.4. The summed E-state index contributed by atoms with van der Waals surface area (Å²) in [5.41, 5.74) is 0. The zero-order valence-electron chi connectivity index (χ0n) is 12.2. The molecule has 2 heteroatoms. The van der Waals surface area contributed by atoms with Gasteiger partial charge in [0.15, 0.2) is 5.78 Å². The van der Waals surface area contributed by atoms with Gasteiger partial charge < -0.3 is 5.11 Å². The van der Waals surface area contributed by atoms with E-state index in [0.29, 0.717) is 6.42 Å². The number of carbonyl (C=O) groups excluding carboxylic acids is 1. The van der Waals surface area contributed by atoms with Gasteiger partial charge in [-0.2, -0.15) is 0 Å². The van der Waals surface area contributed by atoms with Gasteiger partial charge in [0, 0.05) is 6.42 Å². The summed E-state index contributed by atoms with van der Waals surface area (Å²) in [4.78, 5) is 11.4. The molecule has 1 N–H and O–H groups in total. The summed E-state index contributed by atoms with van der Waals surface area (Å²) in [5.74, 6) is 0.226. The van der Waals surface area contributed by atoms with Crippen molar-refractivity contribution < 1.29 is 9.90 Å². The van der Waals surface area contributed by atoms with Crippen molar-refractivity contribution in [3.63, 3.8) is 0 Å². The summed E-state index contributed by atoms with van der Waals surface area (Å²) in [7, 11) is 0.